The smallest absolute Gasteiger partial charge is 0.228 e. The number of nitrogens with one attached hydrogen (secondary N) is 1. The monoisotopic (exact) mass is 327 g/mol. The van der Waals surface area contributed by atoms with Crippen LogP contribution in [0.4, 0.5) is 0 Å². The summed E-state index contributed by atoms with van der Waals surface area (Å²) < 4.78 is 5.03. The van der Waals surface area contributed by atoms with Crippen LogP contribution in [0.15, 0.2) is 46.3 Å². The Morgan fingerprint density at radius 3 is 2.87 bits per heavy atom. The lowest BCUT2D eigenvalue weighted by molar-refractivity contribution is -0.120. The molecule has 3 aromatic rings. The summed E-state index contributed by atoms with van der Waals surface area (Å²) in [6, 6.07) is 12.0. The Morgan fingerprint density at radius 2 is 2.13 bits per heavy atom. The topological polar surface area (TPSA) is 68.0 Å². The van der Waals surface area contributed by atoms with Crippen LogP contribution in [0.25, 0.3) is 0 Å². The summed E-state index contributed by atoms with van der Waals surface area (Å²) in [5.74, 6) is 0.474. The number of amides is 1. The van der Waals surface area contributed by atoms with Crippen molar-refractivity contribution in [2.75, 3.05) is 0 Å². The summed E-state index contributed by atoms with van der Waals surface area (Å²) in [6.45, 7) is 2.26. The molecule has 0 fully saturated rings. The fourth-order valence-corrected chi connectivity index (χ4v) is 3.02. The zero-order valence-corrected chi connectivity index (χ0v) is 13.6. The fourth-order valence-electron chi connectivity index (χ4n) is 2.19. The molecule has 0 radical (unpaired) electrons. The molecular formula is C17H17N3O2S. The van der Waals surface area contributed by atoms with Gasteiger partial charge in [0.2, 0.25) is 5.91 Å². The number of aryl methyl sites for hydroxylation is 1. The lowest BCUT2D eigenvalue weighted by Gasteiger charge is -2.01. The van der Waals surface area contributed by atoms with Gasteiger partial charge in [0.15, 0.2) is 0 Å². The minimum Gasteiger partial charge on any atom is -0.361 e. The standard InChI is InChI=1S/C17H17N3O2S/c1-12-7-15(22-20-12)9-16(21)18-10-14-11-23-17(19-14)8-13-5-3-2-4-6-13/h2-7,11H,8-10H2,1H3,(H,18,21). The third kappa shape index (κ3) is 4.50. The average molecular weight is 327 g/mol. The van der Waals surface area contributed by atoms with Crippen molar-refractivity contribution in [1.29, 1.82) is 0 Å². The molecule has 2 aromatic heterocycles. The second kappa shape index (κ2) is 7.19. The molecular weight excluding hydrogens is 310 g/mol. The molecule has 0 bridgehead atoms. The number of nitrogens with zero attached hydrogens (tertiary/aromatic N) is 2. The first-order chi connectivity index (χ1) is 11.2. The third-order valence-corrected chi connectivity index (χ3v) is 4.17. The van der Waals surface area contributed by atoms with E-state index in [4.69, 9.17) is 4.52 Å². The summed E-state index contributed by atoms with van der Waals surface area (Å²) in [5, 5.41) is 9.65. The molecule has 1 amide bonds. The van der Waals surface area contributed by atoms with Gasteiger partial charge in [-0.1, -0.05) is 35.5 Å². The lowest BCUT2D eigenvalue weighted by Crippen LogP contribution is -2.24. The van der Waals surface area contributed by atoms with Gasteiger partial charge in [0.05, 0.1) is 29.4 Å². The number of thiazole rings is 1. The van der Waals surface area contributed by atoms with Gasteiger partial charge in [-0.15, -0.1) is 11.3 Å². The van der Waals surface area contributed by atoms with Gasteiger partial charge in [0, 0.05) is 17.9 Å². The van der Waals surface area contributed by atoms with Crippen molar-refractivity contribution in [2.24, 2.45) is 0 Å². The molecule has 5 nitrogen and oxygen atoms in total. The summed E-state index contributed by atoms with van der Waals surface area (Å²) in [7, 11) is 0. The molecule has 23 heavy (non-hydrogen) atoms. The van der Waals surface area contributed by atoms with E-state index in [2.05, 4.69) is 27.6 Å². The summed E-state index contributed by atoms with van der Waals surface area (Å²) in [5.41, 5.74) is 2.89. The molecule has 0 unspecified atom stereocenters. The molecule has 118 valence electrons. The summed E-state index contributed by atoms with van der Waals surface area (Å²) in [4.78, 5) is 16.4. The molecule has 0 saturated carbocycles. The van der Waals surface area contributed by atoms with E-state index >= 15 is 0 Å². The van der Waals surface area contributed by atoms with Gasteiger partial charge in [0.25, 0.3) is 0 Å². The van der Waals surface area contributed by atoms with Gasteiger partial charge in [-0.3, -0.25) is 4.79 Å². The Hall–Kier alpha value is -2.47. The van der Waals surface area contributed by atoms with Crippen molar-refractivity contribution in [1.82, 2.24) is 15.5 Å². The third-order valence-electron chi connectivity index (χ3n) is 3.28. The Labute approximate surface area is 138 Å². The van der Waals surface area contributed by atoms with E-state index in [1.165, 1.54) is 5.56 Å². The van der Waals surface area contributed by atoms with E-state index < -0.39 is 0 Å². The largest absolute Gasteiger partial charge is 0.361 e. The van der Waals surface area contributed by atoms with Gasteiger partial charge in [0.1, 0.15) is 5.76 Å². The average Bonchev–Trinajstić information content (AvgIpc) is 3.15. The van der Waals surface area contributed by atoms with E-state index in [1.807, 2.05) is 30.5 Å². The molecule has 0 spiro atoms. The van der Waals surface area contributed by atoms with Crippen LogP contribution >= 0.6 is 11.3 Å². The first-order valence-corrected chi connectivity index (χ1v) is 8.23. The van der Waals surface area contributed by atoms with Crippen LogP contribution in [0.2, 0.25) is 0 Å². The van der Waals surface area contributed by atoms with E-state index in [1.54, 1.807) is 17.4 Å². The predicted molar refractivity (Wildman–Crippen MR) is 88.2 cm³/mol. The number of hydrogen-bond donors (Lipinski definition) is 1. The highest BCUT2D eigenvalue weighted by Crippen LogP contribution is 2.14. The normalized spacial score (nSPS) is 10.7. The molecule has 0 atom stereocenters. The molecule has 2 heterocycles. The van der Waals surface area contributed by atoms with Crippen LogP contribution in [0.1, 0.15) is 27.7 Å². The summed E-state index contributed by atoms with van der Waals surface area (Å²) in [6.07, 6.45) is 1.01. The van der Waals surface area contributed by atoms with Crippen LogP contribution < -0.4 is 5.32 Å². The maximum absolute atomic E-state index is 11.9. The minimum absolute atomic E-state index is 0.0984. The molecule has 3 rings (SSSR count). The van der Waals surface area contributed by atoms with Gasteiger partial charge in [-0.05, 0) is 12.5 Å². The van der Waals surface area contributed by atoms with Crippen LogP contribution in [-0.2, 0) is 24.2 Å². The Morgan fingerprint density at radius 1 is 1.30 bits per heavy atom. The molecule has 1 aromatic carbocycles. The van der Waals surface area contributed by atoms with Crippen LogP contribution in [0.5, 0.6) is 0 Å². The second-order valence-electron chi connectivity index (χ2n) is 5.28. The Bertz CT molecular complexity index is 780. The second-order valence-corrected chi connectivity index (χ2v) is 6.23. The highest BCUT2D eigenvalue weighted by atomic mass is 32.1. The zero-order chi connectivity index (χ0) is 16.1. The van der Waals surface area contributed by atoms with E-state index in [9.17, 15) is 4.79 Å². The van der Waals surface area contributed by atoms with Gasteiger partial charge >= 0.3 is 0 Å². The Balaban J connectivity index is 1.50. The molecule has 0 saturated heterocycles. The van der Waals surface area contributed by atoms with Crippen molar-refractivity contribution in [3.8, 4) is 0 Å². The van der Waals surface area contributed by atoms with E-state index in [-0.39, 0.29) is 12.3 Å². The number of carbonyl (C=O) groups is 1. The lowest BCUT2D eigenvalue weighted by atomic mass is 10.2. The highest BCUT2D eigenvalue weighted by molar-refractivity contribution is 7.09. The van der Waals surface area contributed by atoms with Crippen molar-refractivity contribution in [3.63, 3.8) is 0 Å². The number of carbonyl (C=O) groups excluding carboxylic acids is 1. The molecule has 1 N–H and O–H groups in total. The SMILES string of the molecule is Cc1cc(CC(=O)NCc2csc(Cc3ccccc3)n2)on1. The maximum Gasteiger partial charge on any atom is 0.228 e. The van der Waals surface area contributed by atoms with Crippen molar-refractivity contribution < 1.29 is 9.32 Å². The van der Waals surface area contributed by atoms with Crippen LogP contribution in [0, 0.1) is 6.92 Å². The van der Waals surface area contributed by atoms with Crippen molar-refractivity contribution in [2.45, 2.75) is 26.3 Å². The van der Waals surface area contributed by atoms with Crippen molar-refractivity contribution in [3.05, 3.63) is 69.5 Å². The summed E-state index contributed by atoms with van der Waals surface area (Å²) >= 11 is 1.61. The molecule has 0 aliphatic heterocycles. The van der Waals surface area contributed by atoms with Gasteiger partial charge in [-0.25, -0.2) is 4.98 Å². The van der Waals surface area contributed by atoms with Gasteiger partial charge in [-0.2, -0.15) is 0 Å². The fraction of sp³-hybridized carbons (Fsp3) is 0.235. The van der Waals surface area contributed by atoms with Crippen LogP contribution in [0.3, 0.4) is 0 Å². The Kier molecular flexibility index (Phi) is 4.83. The number of hydrogen-bond acceptors (Lipinski definition) is 5. The number of aromatic nitrogens is 2. The highest BCUT2D eigenvalue weighted by Gasteiger charge is 2.09. The van der Waals surface area contributed by atoms with E-state index in [0.29, 0.717) is 12.3 Å². The minimum atomic E-state index is -0.0984. The van der Waals surface area contributed by atoms with Crippen molar-refractivity contribution >= 4 is 17.2 Å². The van der Waals surface area contributed by atoms with Crippen LogP contribution in [-0.4, -0.2) is 16.0 Å². The van der Waals surface area contributed by atoms with E-state index in [0.717, 1.165) is 22.8 Å². The number of rotatable bonds is 6. The van der Waals surface area contributed by atoms with Gasteiger partial charge < -0.3 is 9.84 Å². The quantitative estimate of drug-likeness (QED) is 0.756. The predicted octanol–water partition coefficient (Wildman–Crippen LogP) is 2.89. The first kappa shape index (κ1) is 15.4. The molecule has 0 aliphatic rings. The maximum atomic E-state index is 11.9. The molecule has 6 heteroatoms. The number of benzene rings is 1. The zero-order valence-electron chi connectivity index (χ0n) is 12.8. The first-order valence-electron chi connectivity index (χ1n) is 7.35. The molecule has 0 aliphatic carbocycles.